The third-order valence-corrected chi connectivity index (χ3v) is 6.35. The molecule has 4 rings (SSSR count). The van der Waals surface area contributed by atoms with Gasteiger partial charge in [0.05, 0.1) is 5.56 Å². The van der Waals surface area contributed by atoms with Crippen molar-refractivity contribution >= 4 is 23.7 Å². The quantitative estimate of drug-likeness (QED) is 0.393. The Morgan fingerprint density at radius 1 is 0.914 bits per heavy atom. The number of carbonyl (C=O) groups excluding carboxylic acids is 2. The molecule has 3 N–H and O–H groups in total. The molecule has 0 saturated heterocycles. The molecule has 35 heavy (non-hydrogen) atoms. The van der Waals surface area contributed by atoms with Crippen molar-refractivity contribution in [2.24, 2.45) is 5.92 Å². The van der Waals surface area contributed by atoms with Gasteiger partial charge in [-0.15, -0.1) is 0 Å². The first-order valence-corrected chi connectivity index (χ1v) is 11.7. The molecular weight excluding hydrogens is 444 g/mol. The van der Waals surface area contributed by atoms with Gasteiger partial charge in [0.2, 0.25) is 5.91 Å². The largest absolute Gasteiger partial charge is 0.478 e. The van der Waals surface area contributed by atoms with Gasteiger partial charge in [-0.25, -0.2) is 9.59 Å². The molecule has 3 aromatic rings. The van der Waals surface area contributed by atoms with Crippen molar-refractivity contribution in [1.82, 2.24) is 5.32 Å². The van der Waals surface area contributed by atoms with E-state index in [0.29, 0.717) is 18.7 Å². The number of carboxylic acid groups (broad SMARTS) is 1. The molecule has 2 amide bonds. The third-order valence-electron chi connectivity index (χ3n) is 6.35. The van der Waals surface area contributed by atoms with Crippen molar-refractivity contribution < 1.29 is 24.2 Å². The summed E-state index contributed by atoms with van der Waals surface area (Å²) in [5, 5.41) is 14.5. The highest BCUT2D eigenvalue weighted by Gasteiger charge is 2.29. The van der Waals surface area contributed by atoms with E-state index < -0.39 is 12.1 Å². The van der Waals surface area contributed by atoms with Crippen molar-refractivity contribution in [3.8, 4) is 11.1 Å². The Labute approximate surface area is 204 Å². The molecule has 3 aromatic carbocycles. The van der Waals surface area contributed by atoms with E-state index in [1.165, 1.54) is 23.3 Å². The maximum atomic E-state index is 12.4. The first kappa shape index (κ1) is 24.0. The lowest BCUT2D eigenvalue weighted by Crippen LogP contribution is -2.32. The van der Waals surface area contributed by atoms with Crippen LogP contribution in [0.25, 0.3) is 11.1 Å². The number of aromatic carboxylic acids is 1. The lowest BCUT2D eigenvalue weighted by molar-refractivity contribution is -0.117. The Balaban J connectivity index is 1.26. The fraction of sp³-hybridized carbons (Fsp3) is 0.250. The van der Waals surface area contributed by atoms with Crippen LogP contribution in [0.3, 0.4) is 0 Å². The van der Waals surface area contributed by atoms with E-state index in [1.807, 2.05) is 31.2 Å². The number of nitrogens with one attached hydrogen (secondary N) is 2. The summed E-state index contributed by atoms with van der Waals surface area (Å²) in [6, 6.07) is 22.3. The van der Waals surface area contributed by atoms with Gasteiger partial charge in [-0.1, -0.05) is 61.9 Å². The van der Waals surface area contributed by atoms with Crippen LogP contribution < -0.4 is 10.6 Å². The van der Waals surface area contributed by atoms with E-state index in [4.69, 9.17) is 9.84 Å². The van der Waals surface area contributed by atoms with Crippen LogP contribution in [0.1, 0.15) is 47.2 Å². The molecule has 1 atom stereocenters. The van der Waals surface area contributed by atoms with Crippen molar-refractivity contribution in [2.45, 2.75) is 25.7 Å². The molecule has 0 bridgehead atoms. The minimum absolute atomic E-state index is 0.00610. The highest BCUT2D eigenvalue weighted by atomic mass is 16.5. The summed E-state index contributed by atoms with van der Waals surface area (Å²) >= 11 is 0. The summed E-state index contributed by atoms with van der Waals surface area (Å²) in [6.45, 7) is 2.51. The zero-order valence-corrected chi connectivity index (χ0v) is 19.5. The van der Waals surface area contributed by atoms with Gasteiger partial charge in [-0.2, -0.15) is 0 Å². The number of benzene rings is 3. The molecule has 7 nitrogen and oxygen atoms in total. The van der Waals surface area contributed by atoms with Gasteiger partial charge < -0.3 is 20.5 Å². The SMILES string of the molecule is CCC(CNC(=O)OCC1c2ccccc2-c2ccccc21)CC(=O)Nc1ccc(C(=O)O)cc1. The number of rotatable bonds is 9. The molecule has 0 radical (unpaired) electrons. The average Bonchev–Trinajstić information content (AvgIpc) is 3.19. The van der Waals surface area contributed by atoms with Crippen LogP contribution in [0.4, 0.5) is 10.5 Å². The number of alkyl carbamates (subject to hydrolysis) is 1. The van der Waals surface area contributed by atoms with E-state index in [0.717, 1.165) is 11.1 Å². The Morgan fingerprint density at radius 3 is 2.09 bits per heavy atom. The Hall–Kier alpha value is -4.13. The summed E-state index contributed by atoms with van der Waals surface area (Å²) in [5.41, 5.74) is 5.33. The number of hydrogen-bond acceptors (Lipinski definition) is 4. The summed E-state index contributed by atoms with van der Waals surface area (Å²) in [5.74, 6) is -1.29. The van der Waals surface area contributed by atoms with Crippen LogP contribution in [0.5, 0.6) is 0 Å². The maximum Gasteiger partial charge on any atom is 0.407 e. The Kier molecular flexibility index (Phi) is 7.45. The second-order valence-electron chi connectivity index (χ2n) is 8.62. The maximum absolute atomic E-state index is 12.4. The van der Waals surface area contributed by atoms with Gasteiger partial charge in [-0.05, 0) is 52.4 Å². The number of ether oxygens (including phenoxy) is 1. The molecule has 0 spiro atoms. The summed E-state index contributed by atoms with van der Waals surface area (Å²) in [7, 11) is 0. The molecule has 0 aliphatic heterocycles. The number of carbonyl (C=O) groups is 3. The number of anilines is 1. The smallest absolute Gasteiger partial charge is 0.407 e. The molecule has 0 heterocycles. The standard InChI is InChI=1S/C28H28N2O5/c1-2-18(15-26(31)30-20-13-11-19(12-14-20)27(32)33)16-29-28(34)35-17-25-23-9-5-3-7-21(23)22-8-4-6-10-24(22)25/h3-14,18,25H,2,15-17H2,1H3,(H,29,34)(H,30,31)(H,32,33). The minimum atomic E-state index is -1.02. The van der Waals surface area contributed by atoms with E-state index in [9.17, 15) is 14.4 Å². The second-order valence-corrected chi connectivity index (χ2v) is 8.62. The summed E-state index contributed by atoms with van der Waals surface area (Å²) in [6.07, 6.45) is 0.422. The van der Waals surface area contributed by atoms with Crippen LogP contribution >= 0.6 is 0 Å². The van der Waals surface area contributed by atoms with Gasteiger partial charge in [0, 0.05) is 24.6 Å². The van der Waals surface area contributed by atoms with E-state index in [2.05, 4.69) is 34.9 Å². The fourth-order valence-electron chi connectivity index (χ4n) is 4.41. The number of fused-ring (bicyclic) bond motifs is 3. The Morgan fingerprint density at radius 2 is 1.51 bits per heavy atom. The molecule has 1 aliphatic rings. The van der Waals surface area contributed by atoms with Crippen LogP contribution in [-0.2, 0) is 9.53 Å². The predicted octanol–water partition coefficient (Wildman–Crippen LogP) is 5.28. The van der Waals surface area contributed by atoms with Crippen molar-refractivity contribution in [3.05, 3.63) is 89.5 Å². The minimum Gasteiger partial charge on any atom is -0.478 e. The molecule has 0 aromatic heterocycles. The lowest BCUT2D eigenvalue weighted by Gasteiger charge is -2.17. The van der Waals surface area contributed by atoms with Crippen LogP contribution in [0, 0.1) is 5.92 Å². The number of carboxylic acids is 1. The first-order valence-electron chi connectivity index (χ1n) is 11.7. The topological polar surface area (TPSA) is 105 Å². The molecule has 1 aliphatic carbocycles. The normalized spacial score (nSPS) is 12.8. The van der Waals surface area contributed by atoms with E-state index >= 15 is 0 Å². The predicted molar refractivity (Wildman–Crippen MR) is 134 cm³/mol. The van der Waals surface area contributed by atoms with Gasteiger partial charge in [0.1, 0.15) is 6.61 Å². The van der Waals surface area contributed by atoms with Gasteiger partial charge in [0.15, 0.2) is 0 Å². The second kappa shape index (κ2) is 10.9. The van der Waals surface area contributed by atoms with Crippen LogP contribution in [0.2, 0.25) is 0 Å². The molecular formula is C28H28N2O5. The zero-order chi connectivity index (χ0) is 24.8. The van der Waals surface area contributed by atoms with Crippen LogP contribution in [0.15, 0.2) is 72.8 Å². The number of amides is 2. The highest BCUT2D eigenvalue weighted by Crippen LogP contribution is 2.44. The Bertz CT molecular complexity index is 1180. The van der Waals surface area contributed by atoms with E-state index in [1.54, 1.807) is 12.1 Å². The highest BCUT2D eigenvalue weighted by molar-refractivity contribution is 5.92. The average molecular weight is 473 g/mol. The molecule has 1 unspecified atom stereocenters. The monoisotopic (exact) mass is 472 g/mol. The third kappa shape index (κ3) is 5.69. The van der Waals surface area contributed by atoms with Crippen molar-refractivity contribution in [2.75, 3.05) is 18.5 Å². The fourth-order valence-corrected chi connectivity index (χ4v) is 4.41. The number of hydrogen-bond donors (Lipinski definition) is 3. The van der Waals surface area contributed by atoms with Crippen LogP contribution in [-0.4, -0.2) is 36.2 Å². The van der Waals surface area contributed by atoms with Gasteiger partial charge in [-0.3, -0.25) is 4.79 Å². The molecule has 7 heteroatoms. The first-order chi connectivity index (χ1) is 17.0. The van der Waals surface area contributed by atoms with Crippen molar-refractivity contribution in [1.29, 1.82) is 0 Å². The molecule has 0 saturated carbocycles. The van der Waals surface area contributed by atoms with Gasteiger partial charge in [0.25, 0.3) is 0 Å². The van der Waals surface area contributed by atoms with Crippen molar-refractivity contribution in [3.63, 3.8) is 0 Å². The van der Waals surface area contributed by atoms with E-state index in [-0.39, 0.29) is 36.3 Å². The summed E-state index contributed by atoms with van der Waals surface area (Å²) < 4.78 is 5.57. The lowest BCUT2D eigenvalue weighted by atomic mass is 9.98. The zero-order valence-electron chi connectivity index (χ0n) is 19.5. The molecule has 0 fully saturated rings. The van der Waals surface area contributed by atoms with Gasteiger partial charge >= 0.3 is 12.1 Å². The summed E-state index contributed by atoms with van der Waals surface area (Å²) in [4.78, 5) is 35.8. The molecule has 180 valence electrons.